The van der Waals surface area contributed by atoms with E-state index >= 15 is 0 Å². The Hall–Kier alpha value is -1.22. The van der Waals surface area contributed by atoms with Gasteiger partial charge in [-0.15, -0.1) is 12.4 Å². The number of nitrogens with two attached hydrogens (primary N) is 1. The number of hydrogen-bond donors (Lipinski definition) is 1. The van der Waals surface area contributed by atoms with E-state index < -0.39 is 15.8 Å². The molecule has 2 fully saturated rings. The summed E-state index contributed by atoms with van der Waals surface area (Å²) >= 11 is 0. The molecule has 0 aromatic heterocycles. The number of rotatable bonds is 3. The van der Waals surface area contributed by atoms with Crippen molar-refractivity contribution in [2.24, 2.45) is 11.7 Å². The largest absolute Gasteiger partial charge is 0.341 e. The van der Waals surface area contributed by atoms with Crippen LogP contribution in [0.3, 0.4) is 0 Å². The molecule has 6 nitrogen and oxygen atoms in total. The van der Waals surface area contributed by atoms with Gasteiger partial charge in [0.25, 0.3) is 0 Å². The van der Waals surface area contributed by atoms with Crippen molar-refractivity contribution in [3.63, 3.8) is 0 Å². The summed E-state index contributed by atoms with van der Waals surface area (Å²) < 4.78 is 39.8. The third-order valence-electron chi connectivity index (χ3n) is 5.04. The number of halogens is 2. The zero-order valence-corrected chi connectivity index (χ0v) is 16.1. The van der Waals surface area contributed by atoms with Gasteiger partial charge in [0.15, 0.2) is 0 Å². The second-order valence-electron chi connectivity index (χ2n) is 6.81. The monoisotopic (exact) mass is 405 g/mol. The van der Waals surface area contributed by atoms with Crippen LogP contribution in [0.15, 0.2) is 29.2 Å². The van der Waals surface area contributed by atoms with Crippen molar-refractivity contribution in [3.8, 4) is 0 Å². The number of carbonyl (C=O) groups excluding carboxylic acids is 1. The zero-order chi connectivity index (χ0) is 18.0. The van der Waals surface area contributed by atoms with Gasteiger partial charge in [-0.05, 0) is 49.9 Å². The van der Waals surface area contributed by atoms with Gasteiger partial charge in [0.2, 0.25) is 15.9 Å². The molecule has 2 unspecified atom stereocenters. The molecular formula is C17H25ClFN3O3S. The number of carbonyl (C=O) groups is 1. The first-order chi connectivity index (χ1) is 11.9. The lowest BCUT2D eigenvalue weighted by Crippen LogP contribution is -2.39. The number of amides is 1. The quantitative estimate of drug-likeness (QED) is 0.827. The lowest BCUT2D eigenvalue weighted by molar-refractivity contribution is -0.135. The van der Waals surface area contributed by atoms with Gasteiger partial charge < -0.3 is 10.6 Å². The Kier molecular flexibility index (Phi) is 7.01. The molecule has 0 radical (unpaired) electrons. The van der Waals surface area contributed by atoms with E-state index in [9.17, 15) is 17.6 Å². The van der Waals surface area contributed by atoms with Gasteiger partial charge >= 0.3 is 0 Å². The number of nitrogens with zero attached hydrogens (tertiary/aromatic N) is 2. The van der Waals surface area contributed by atoms with Crippen LogP contribution in [-0.4, -0.2) is 55.8 Å². The molecule has 9 heteroatoms. The Morgan fingerprint density at radius 2 is 1.77 bits per heavy atom. The highest BCUT2D eigenvalue weighted by molar-refractivity contribution is 7.89. The van der Waals surface area contributed by atoms with Gasteiger partial charge in [-0.2, -0.15) is 4.31 Å². The molecule has 2 N–H and O–H groups in total. The lowest BCUT2D eigenvalue weighted by Gasteiger charge is -2.24. The maximum Gasteiger partial charge on any atom is 0.243 e. The first-order valence-electron chi connectivity index (χ1n) is 8.68. The fourth-order valence-corrected chi connectivity index (χ4v) is 5.08. The molecule has 1 aromatic carbocycles. The van der Waals surface area contributed by atoms with Crippen LogP contribution in [0, 0.1) is 11.7 Å². The minimum atomic E-state index is -3.67. The van der Waals surface area contributed by atoms with Gasteiger partial charge in [0.05, 0.1) is 4.90 Å². The van der Waals surface area contributed by atoms with Crippen molar-refractivity contribution < 1.29 is 17.6 Å². The fraction of sp³-hybridized carbons (Fsp3) is 0.588. The minimum absolute atomic E-state index is 0. The molecular weight excluding hydrogens is 381 g/mol. The van der Waals surface area contributed by atoms with Gasteiger partial charge in [0, 0.05) is 38.1 Å². The third-order valence-corrected chi connectivity index (χ3v) is 6.95. The van der Waals surface area contributed by atoms with E-state index in [0.29, 0.717) is 32.5 Å². The summed E-state index contributed by atoms with van der Waals surface area (Å²) in [7, 11) is -3.67. The normalized spacial score (nSPS) is 24.8. The van der Waals surface area contributed by atoms with E-state index in [1.807, 2.05) is 0 Å². The van der Waals surface area contributed by atoms with Crippen molar-refractivity contribution in [3.05, 3.63) is 30.1 Å². The summed E-state index contributed by atoms with van der Waals surface area (Å²) in [5, 5.41) is 0. The number of sulfonamides is 1. The second kappa shape index (κ2) is 8.65. The zero-order valence-electron chi connectivity index (χ0n) is 14.5. The highest BCUT2D eigenvalue weighted by Crippen LogP contribution is 2.27. The van der Waals surface area contributed by atoms with Crippen molar-refractivity contribution in [2.75, 3.05) is 26.2 Å². The standard InChI is InChI=1S/C17H24FN3O3S.ClH/c18-14-3-6-16(7-4-14)25(23,24)21-9-1-8-20(10-11-21)17(22)13-2-5-15(19)12-13;/h3-4,6-7,13,15H,1-2,5,8-12,19H2;1H. The highest BCUT2D eigenvalue weighted by Gasteiger charge is 2.33. The van der Waals surface area contributed by atoms with Gasteiger partial charge in [-0.1, -0.05) is 0 Å². The average molecular weight is 406 g/mol. The Morgan fingerprint density at radius 1 is 1.08 bits per heavy atom. The molecule has 1 heterocycles. The topological polar surface area (TPSA) is 83.7 Å². The van der Waals surface area contributed by atoms with Crippen LogP contribution in [0.5, 0.6) is 0 Å². The van der Waals surface area contributed by atoms with Crippen molar-refractivity contribution in [1.82, 2.24) is 9.21 Å². The van der Waals surface area contributed by atoms with E-state index in [1.165, 1.54) is 16.4 Å². The molecule has 26 heavy (non-hydrogen) atoms. The first-order valence-corrected chi connectivity index (χ1v) is 10.1. The van der Waals surface area contributed by atoms with Crippen LogP contribution in [0.1, 0.15) is 25.7 Å². The Labute approximate surface area is 160 Å². The summed E-state index contributed by atoms with van der Waals surface area (Å²) in [6, 6.07) is 4.93. The molecule has 1 aliphatic heterocycles. The van der Waals surface area contributed by atoms with E-state index in [4.69, 9.17) is 5.73 Å². The summed E-state index contributed by atoms with van der Waals surface area (Å²) in [6.07, 6.45) is 2.99. The van der Waals surface area contributed by atoms with Gasteiger partial charge in [-0.3, -0.25) is 4.79 Å². The lowest BCUT2D eigenvalue weighted by atomic mass is 10.1. The predicted octanol–water partition coefficient (Wildman–Crippen LogP) is 1.60. The Bertz CT molecular complexity index is 729. The first kappa shape index (κ1) is 21.1. The molecule has 2 aliphatic rings. The van der Waals surface area contributed by atoms with E-state index in [2.05, 4.69) is 0 Å². The summed E-state index contributed by atoms with van der Waals surface area (Å²) in [5.41, 5.74) is 5.89. The number of benzene rings is 1. The molecule has 1 aliphatic carbocycles. The van der Waals surface area contributed by atoms with Crippen LogP contribution >= 0.6 is 12.4 Å². The van der Waals surface area contributed by atoms with Crippen LogP contribution in [0.2, 0.25) is 0 Å². The smallest absolute Gasteiger partial charge is 0.243 e. The van der Waals surface area contributed by atoms with Crippen molar-refractivity contribution in [2.45, 2.75) is 36.6 Å². The van der Waals surface area contributed by atoms with Crippen molar-refractivity contribution >= 4 is 28.3 Å². The van der Waals surface area contributed by atoms with Crippen LogP contribution in [-0.2, 0) is 14.8 Å². The van der Waals surface area contributed by atoms with Gasteiger partial charge in [-0.25, -0.2) is 12.8 Å². The van der Waals surface area contributed by atoms with Gasteiger partial charge in [0.1, 0.15) is 5.82 Å². The highest BCUT2D eigenvalue weighted by atomic mass is 35.5. The van der Waals surface area contributed by atoms with Crippen LogP contribution < -0.4 is 5.73 Å². The molecule has 0 bridgehead atoms. The summed E-state index contributed by atoms with van der Waals surface area (Å²) in [6.45, 7) is 1.54. The van der Waals surface area contributed by atoms with Crippen LogP contribution in [0.25, 0.3) is 0 Å². The molecule has 1 saturated heterocycles. The molecule has 2 atom stereocenters. The third kappa shape index (κ3) is 4.54. The maximum absolute atomic E-state index is 13.0. The molecule has 1 saturated carbocycles. The Balaban J connectivity index is 0.00000243. The molecule has 3 rings (SSSR count). The fourth-order valence-electron chi connectivity index (χ4n) is 3.61. The van der Waals surface area contributed by atoms with E-state index in [1.54, 1.807) is 4.90 Å². The molecule has 1 aromatic rings. The average Bonchev–Trinajstić information content (AvgIpc) is 2.86. The molecule has 146 valence electrons. The Morgan fingerprint density at radius 3 is 2.38 bits per heavy atom. The second-order valence-corrected chi connectivity index (χ2v) is 8.74. The van der Waals surface area contributed by atoms with E-state index in [-0.39, 0.29) is 41.7 Å². The van der Waals surface area contributed by atoms with Crippen molar-refractivity contribution in [1.29, 1.82) is 0 Å². The summed E-state index contributed by atoms with van der Waals surface area (Å²) in [5.74, 6) is -0.411. The predicted molar refractivity (Wildman–Crippen MR) is 98.9 cm³/mol. The maximum atomic E-state index is 13.0. The number of hydrogen-bond acceptors (Lipinski definition) is 4. The molecule has 0 spiro atoms. The summed E-state index contributed by atoms with van der Waals surface area (Å²) in [4.78, 5) is 14.5. The SMILES string of the molecule is Cl.NC1CCC(C(=O)N2CCCN(S(=O)(=O)c3ccc(F)cc3)CC2)C1. The van der Waals surface area contributed by atoms with Crippen LogP contribution in [0.4, 0.5) is 4.39 Å². The minimum Gasteiger partial charge on any atom is -0.341 e. The van der Waals surface area contributed by atoms with E-state index in [0.717, 1.165) is 25.0 Å². The molecule has 1 amide bonds.